The van der Waals surface area contributed by atoms with Gasteiger partial charge in [-0.3, -0.25) is 9.89 Å². The molecule has 1 aromatic heterocycles. The van der Waals surface area contributed by atoms with Gasteiger partial charge >= 0.3 is 0 Å². The number of H-pyrrole nitrogens is 1. The standard InChI is InChI=1S/C12H20N4O/c1-3-9-10(13)11(15-14-9)12(17)16(2)8-6-4-5-7-8/h8H,3-7,13H2,1-2H3,(H,14,15). The minimum atomic E-state index is -0.0645. The molecular formula is C12H20N4O. The fourth-order valence-electron chi connectivity index (χ4n) is 2.44. The van der Waals surface area contributed by atoms with Crippen LogP contribution in [-0.2, 0) is 6.42 Å². The number of rotatable bonds is 3. The number of anilines is 1. The molecule has 1 amide bonds. The lowest BCUT2D eigenvalue weighted by Crippen LogP contribution is -2.35. The number of amides is 1. The molecule has 1 fully saturated rings. The van der Waals surface area contributed by atoms with Crippen LogP contribution in [0.5, 0.6) is 0 Å². The molecular weight excluding hydrogens is 216 g/mol. The second kappa shape index (κ2) is 4.77. The van der Waals surface area contributed by atoms with Crippen LogP contribution < -0.4 is 5.73 Å². The van der Waals surface area contributed by atoms with E-state index < -0.39 is 0 Å². The van der Waals surface area contributed by atoms with Crippen LogP contribution in [0.1, 0.15) is 48.8 Å². The summed E-state index contributed by atoms with van der Waals surface area (Å²) in [6.45, 7) is 1.98. The van der Waals surface area contributed by atoms with Crippen molar-refractivity contribution in [3.05, 3.63) is 11.4 Å². The lowest BCUT2D eigenvalue weighted by atomic mass is 10.2. The van der Waals surface area contributed by atoms with Gasteiger partial charge in [0.1, 0.15) is 0 Å². The molecule has 5 heteroatoms. The van der Waals surface area contributed by atoms with Crippen molar-refractivity contribution < 1.29 is 4.79 Å². The maximum Gasteiger partial charge on any atom is 0.276 e. The van der Waals surface area contributed by atoms with E-state index >= 15 is 0 Å². The molecule has 1 aliphatic carbocycles. The monoisotopic (exact) mass is 236 g/mol. The average molecular weight is 236 g/mol. The number of nitrogen functional groups attached to an aromatic ring is 1. The van der Waals surface area contributed by atoms with E-state index in [0.29, 0.717) is 17.4 Å². The third kappa shape index (κ3) is 2.14. The van der Waals surface area contributed by atoms with Crippen molar-refractivity contribution in [2.24, 2.45) is 0 Å². The highest BCUT2D eigenvalue weighted by molar-refractivity contribution is 5.97. The molecule has 0 aliphatic heterocycles. The number of aromatic nitrogens is 2. The van der Waals surface area contributed by atoms with Crippen molar-refractivity contribution >= 4 is 11.6 Å². The van der Waals surface area contributed by atoms with Crippen LogP contribution in [0.4, 0.5) is 5.69 Å². The van der Waals surface area contributed by atoms with Crippen LogP contribution in [0.3, 0.4) is 0 Å². The number of carbonyl (C=O) groups excluding carboxylic acids is 1. The summed E-state index contributed by atoms with van der Waals surface area (Å²) in [4.78, 5) is 14.0. The van der Waals surface area contributed by atoms with Gasteiger partial charge in [0, 0.05) is 13.1 Å². The number of hydrogen-bond donors (Lipinski definition) is 2. The molecule has 1 aliphatic rings. The van der Waals surface area contributed by atoms with E-state index in [1.165, 1.54) is 12.8 Å². The van der Waals surface area contributed by atoms with E-state index in [1.807, 2.05) is 14.0 Å². The first kappa shape index (κ1) is 12.0. The number of aryl methyl sites for hydroxylation is 1. The van der Waals surface area contributed by atoms with Gasteiger partial charge in [0.15, 0.2) is 5.69 Å². The summed E-state index contributed by atoms with van der Waals surface area (Å²) < 4.78 is 0. The number of nitrogens with two attached hydrogens (primary N) is 1. The van der Waals surface area contributed by atoms with Gasteiger partial charge in [-0.05, 0) is 19.3 Å². The van der Waals surface area contributed by atoms with Crippen LogP contribution in [0.2, 0.25) is 0 Å². The van der Waals surface area contributed by atoms with Gasteiger partial charge < -0.3 is 10.6 Å². The van der Waals surface area contributed by atoms with E-state index in [9.17, 15) is 4.79 Å². The quantitative estimate of drug-likeness (QED) is 0.836. The van der Waals surface area contributed by atoms with Gasteiger partial charge in [-0.2, -0.15) is 5.10 Å². The highest BCUT2D eigenvalue weighted by Gasteiger charge is 2.27. The summed E-state index contributed by atoms with van der Waals surface area (Å²) >= 11 is 0. The summed E-state index contributed by atoms with van der Waals surface area (Å²) in [5.41, 5.74) is 7.62. The Bertz CT molecular complexity index is 407. The van der Waals surface area contributed by atoms with Crippen molar-refractivity contribution in [3.63, 3.8) is 0 Å². The number of carbonyl (C=O) groups is 1. The average Bonchev–Trinajstić information content (AvgIpc) is 2.96. The lowest BCUT2D eigenvalue weighted by Gasteiger charge is -2.23. The van der Waals surface area contributed by atoms with Crippen molar-refractivity contribution in [1.82, 2.24) is 15.1 Å². The number of nitrogens with one attached hydrogen (secondary N) is 1. The molecule has 0 aromatic carbocycles. The Labute approximate surface area is 101 Å². The Hall–Kier alpha value is -1.52. The second-order valence-corrected chi connectivity index (χ2v) is 4.67. The fraction of sp³-hybridized carbons (Fsp3) is 0.667. The fourth-order valence-corrected chi connectivity index (χ4v) is 2.44. The molecule has 0 saturated heterocycles. The van der Waals surface area contributed by atoms with E-state index in [4.69, 9.17) is 5.73 Å². The predicted molar refractivity (Wildman–Crippen MR) is 66.7 cm³/mol. The van der Waals surface area contributed by atoms with Crippen molar-refractivity contribution in [2.45, 2.75) is 45.1 Å². The Kier molecular flexibility index (Phi) is 3.36. The Balaban J connectivity index is 2.15. The third-order valence-electron chi connectivity index (χ3n) is 3.63. The minimum Gasteiger partial charge on any atom is -0.395 e. The Morgan fingerprint density at radius 1 is 1.53 bits per heavy atom. The lowest BCUT2D eigenvalue weighted by molar-refractivity contribution is 0.0730. The summed E-state index contributed by atoms with van der Waals surface area (Å²) in [5.74, 6) is -0.0645. The maximum absolute atomic E-state index is 12.2. The first-order chi connectivity index (χ1) is 8.15. The van der Waals surface area contributed by atoms with Gasteiger partial charge in [-0.1, -0.05) is 19.8 Å². The van der Waals surface area contributed by atoms with E-state index in [0.717, 1.165) is 25.0 Å². The Morgan fingerprint density at radius 2 is 2.18 bits per heavy atom. The summed E-state index contributed by atoms with van der Waals surface area (Å²) in [6, 6.07) is 0.351. The molecule has 94 valence electrons. The van der Waals surface area contributed by atoms with Gasteiger partial charge in [-0.15, -0.1) is 0 Å². The molecule has 5 nitrogen and oxygen atoms in total. The zero-order valence-corrected chi connectivity index (χ0v) is 10.5. The Morgan fingerprint density at radius 3 is 2.71 bits per heavy atom. The van der Waals surface area contributed by atoms with E-state index in [-0.39, 0.29) is 5.91 Å². The van der Waals surface area contributed by atoms with Crippen LogP contribution in [0, 0.1) is 0 Å². The first-order valence-electron chi connectivity index (χ1n) is 6.25. The number of nitrogens with zero attached hydrogens (tertiary/aromatic N) is 2. The molecule has 2 rings (SSSR count). The highest BCUT2D eigenvalue weighted by Crippen LogP contribution is 2.25. The van der Waals surface area contributed by atoms with Gasteiger partial charge in [0.25, 0.3) is 5.91 Å². The maximum atomic E-state index is 12.2. The molecule has 0 spiro atoms. The molecule has 17 heavy (non-hydrogen) atoms. The SMILES string of the molecule is CCc1[nH]nc(C(=O)N(C)C2CCCC2)c1N. The summed E-state index contributed by atoms with van der Waals surface area (Å²) in [5, 5.41) is 6.87. The molecule has 0 radical (unpaired) electrons. The van der Waals surface area contributed by atoms with Crippen molar-refractivity contribution in [2.75, 3.05) is 12.8 Å². The summed E-state index contributed by atoms with van der Waals surface area (Å²) in [7, 11) is 1.85. The van der Waals surface area contributed by atoms with Crippen molar-refractivity contribution in [3.8, 4) is 0 Å². The smallest absolute Gasteiger partial charge is 0.276 e. The largest absolute Gasteiger partial charge is 0.395 e. The van der Waals surface area contributed by atoms with E-state index in [2.05, 4.69) is 10.2 Å². The number of hydrogen-bond acceptors (Lipinski definition) is 3. The molecule has 0 atom stereocenters. The third-order valence-corrected chi connectivity index (χ3v) is 3.63. The second-order valence-electron chi connectivity index (χ2n) is 4.67. The van der Waals surface area contributed by atoms with Crippen molar-refractivity contribution in [1.29, 1.82) is 0 Å². The normalized spacial score (nSPS) is 16.4. The first-order valence-corrected chi connectivity index (χ1v) is 6.25. The molecule has 3 N–H and O–H groups in total. The van der Waals surface area contributed by atoms with Crippen LogP contribution >= 0.6 is 0 Å². The predicted octanol–water partition coefficient (Wildman–Crippen LogP) is 1.57. The zero-order valence-electron chi connectivity index (χ0n) is 10.5. The molecule has 1 aromatic rings. The molecule has 1 heterocycles. The van der Waals surface area contributed by atoms with Crippen LogP contribution in [0.25, 0.3) is 0 Å². The highest BCUT2D eigenvalue weighted by atomic mass is 16.2. The van der Waals surface area contributed by atoms with Gasteiger partial charge in [0.2, 0.25) is 0 Å². The van der Waals surface area contributed by atoms with Gasteiger partial charge in [-0.25, -0.2) is 0 Å². The van der Waals surface area contributed by atoms with E-state index in [1.54, 1.807) is 4.90 Å². The summed E-state index contributed by atoms with van der Waals surface area (Å²) in [6.07, 6.45) is 5.36. The topological polar surface area (TPSA) is 75.0 Å². The number of aromatic amines is 1. The zero-order chi connectivity index (χ0) is 12.4. The molecule has 1 saturated carbocycles. The molecule has 0 bridgehead atoms. The van der Waals surface area contributed by atoms with Gasteiger partial charge in [0.05, 0.1) is 11.4 Å². The minimum absolute atomic E-state index is 0.0645. The van der Waals surface area contributed by atoms with Crippen LogP contribution in [0.15, 0.2) is 0 Å². The molecule has 0 unspecified atom stereocenters. The van der Waals surface area contributed by atoms with Crippen LogP contribution in [-0.4, -0.2) is 34.1 Å².